The summed E-state index contributed by atoms with van der Waals surface area (Å²) >= 11 is 0. The van der Waals surface area contributed by atoms with E-state index >= 15 is 0 Å². The van der Waals surface area contributed by atoms with Crippen LogP contribution in [0, 0.1) is 22.7 Å². The summed E-state index contributed by atoms with van der Waals surface area (Å²) in [5, 5.41) is 25.7. The lowest BCUT2D eigenvalue weighted by atomic mass is 10.0. The van der Waals surface area contributed by atoms with Crippen molar-refractivity contribution in [2.75, 3.05) is 13.1 Å². The fourth-order valence-electron chi connectivity index (χ4n) is 3.37. The molecule has 3 aromatic carbocycles. The number of hydrogen-bond acceptors (Lipinski definition) is 4. The van der Waals surface area contributed by atoms with Gasteiger partial charge < -0.3 is 0 Å². The summed E-state index contributed by atoms with van der Waals surface area (Å²) in [6.07, 6.45) is 1.75. The summed E-state index contributed by atoms with van der Waals surface area (Å²) in [7, 11) is 0. The van der Waals surface area contributed by atoms with Gasteiger partial charge in [0.2, 0.25) is 0 Å². The third-order valence-electron chi connectivity index (χ3n) is 5.07. The van der Waals surface area contributed by atoms with Gasteiger partial charge in [0.05, 0.1) is 12.1 Å². The predicted octanol–water partition coefficient (Wildman–Crippen LogP) is 4.48. The molecule has 2 atom stereocenters. The Hall–Kier alpha value is -3.44. The second kappa shape index (κ2) is 11.5. The van der Waals surface area contributed by atoms with Crippen LogP contribution in [0.5, 0.6) is 0 Å². The molecule has 0 spiro atoms. The van der Waals surface area contributed by atoms with Crippen LogP contribution >= 0.6 is 0 Å². The number of nitriles is 2. The van der Waals surface area contributed by atoms with Crippen LogP contribution in [0.15, 0.2) is 84.9 Å². The van der Waals surface area contributed by atoms with Crippen molar-refractivity contribution in [1.82, 2.24) is 10.6 Å². The fraction of sp³-hybridized carbons (Fsp3) is 0.231. The topological polar surface area (TPSA) is 71.6 Å². The third kappa shape index (κ3) is 6.29. The number of nitrogens with zero attached hydrogens (tertiary/aromatic N) is 2. The lowest BCUT2D eigenvalue weighted by Gasteiger charge is -2.15. The number of hydrogen-bond donors (Lipinski definition) is 2. The Labute approximate surface area is 178 Å². The smallest absolute Gasteiger partial charge is 0.121 e. The Kier molecular flexibility index (Phi) is 8.18. The minimum Gasteiger partial charge on any atom is -0.298 e. The molecule has 0 bridgehead atoms. The van der Waals surface area contributed by atoms with Crippen LogP contribution in [0.4, 0.5) is 0 Å². The average molecular weight is 395 g/mol. The molecular formula is C26H26N4. The first-order valence-corrected chi connectivity index (χ1v) is 10.2. The zero-order valence-electron chi connectivity index (χ0n) is 17.0. The van der Waals surface area contributed by atoms with Gasteiger partial charge in [0, 0.05) is 13.1 Å². The molecule has 0 heterocycles. The van der Waals surface area contributed by atoms with E-state index in [1.165, 1.54) is 11.1 Å². The van der Waals surface area contributed by atoms with Crippen molar-refractivity contribution < 1.29 is 0 Å². The average Bonchev–Trinajstić information content (AvgIpc) is 2.81. The highest BCUT2D eigenvalue weighted by Crippen LogP contribution is 2.18. The summed E-state index contributed by atoms with van der Waals surface area (Å²) in [5.74, 6) is 0. The molecule has 0 saturated heterocycles. The van der Waals surface area contributed by atoms with Crippen LogP contribution in [0.3, 0.4) is 0 Å². The minimum absolute atomic E-state index is 0.366. The van der Waals surface area contributed by atoms with E-state index in [4.69, 9.17) is 0 Å². The molecule has 0 unspecified atom stereocenters. The van der Waals surface area contributed by atoms with E-state index in [0.717, 1.165) is 37.1 Å². The molecule has 0 saturated carbocycles. The first-order valence-electron chi connectivity index (χ1n) is 10.2. The Balaban J connectivity index is 1.52. The fourth-order valence-corrected chi connectivity index (χ4v) is 3.37. The summed E-state index contributed by atoms with van der Waals surface area (Å²) < 4.78 is 0. The maximum atomic E-state index is 9.55. The van der Waals surface area contributed by atoms with Gasteiger partial charge in [-0.3, -0.25) is 10.6 Å². The van der Waals surface area contributed by atoms with Crippen LogP contribution < -0.4 is 10.6 Å². The zero-order chi connectivity index (χ0) is 21.0. The lowest BCUT2D eigenvalue weighted by Crippen LogP contribution is -2.24. The van der Waals surface area contributed by atoms with Crippen LogP contribution in [0.2, 0.25) is 0 Å². The van der Waals surface area contributed by atoms with Crippen LogP contribution in [-0.2, 0) is 12.8 Å². The van der Waals surface area contributed by atoms with Crippen LogP contribution in [0.25, 0.3) is 0 Å². The Morgan fingerprint density at radius 3 is 1.27 bits per heavy atom. The summed E-state index contributed by atoms with van der Waals surface area (Å²) in [4.78, 5) is 0. The van der Waals surface area contributed by atoms with Crippen molar-refractivity contribution in [3.8, 4) is 12.1 Å². The van der Waals surface area contributed by atoms with Gasteiger partial charge in [-0.2, -0.15) is 10.5 Å². The molecule has 30 heavy (non-hydrogen) atoms. The maximum Gasteiger partial charge on any atom is 0.121 e. The maximum absolute atomic E-state index is 9.55. The third-order valence-corrected chi connectivity index (χ3v) is 5.07. The molecule has 3 rings (SSSR count). The largest absolute Gasteiger partial charge is 0.298 e. The predicted molar refractivity (Wildman–Crippen MR) is 119 cm³/mol. The van der Waals surface area contributed by atoms with E-state index in [0.29, 0.717) is 0 Å². The first kappa shape index (κ1) is 21.3. The Morgan fingerprint density at radius 1 is 0.567 bits per heavy atom. The first-order chi connectivity index (χ1) is 14.8. The van der Waals surface area contributed by atoms with Gasteiger partial charge in [-0.25, -0.2) is 0 Å². The van der Waals surface area contributed by atoms with Crippen molar-refractivity contribution in [2.45, 2.75) is 24.9 Å². The van der Waals surface area contributed by atoms with E-state index in [1.54, 1.807) is 0 Å². The molecule has 2 N–H and O–H groups in total. The molecule has 150 valence electrons. The van der Waals surface area contributed by atoms with Gasteiger partial charge in [-0.05, 0) is 35.1 Å². The lowest BCUT2D eigenvalue weighted by molar-refractivity contribution is 0.622. The van der Waals surface area contributed by atoms with Gasteiger partial charge >= 0.3 is 0 Å². The van der Waals surface area contributed by atoms with Gasteiger partial charge in [0.15, 0.2) is 0 Å². The normalized spacial score (nSPS) is 12.5. The van der Waals surface area contributed by atoms with Crippen molar-refractivity contribution >= 4 is 0 Å². The summed E-state index contributed by atoms with van der Waals surface area (Å²) in [5.41, 5.74) is 4.32. The van der Waals surface area contributed by atoms with Gasteiger partial charge in [0.25, 0.3) is 0 Å². The highest BCUT2D eigenvalue weighted by molar-refractivity contribution is 5.32. The molecule has 0 aliphatic carbocycles. The summed E-state index contributed by atoms with van der Waals surface area (Å²) in [6.45, 7) is 1.46. The number of nitrogens with one attached hydrogen (secondary N) is 2. The molecule has 0 amide bonds. The van der Waals surface area contributed by atoms with Gasteiger partial charge in [-0.1, -0.05) is 84.9 Å². The highest BCUT2D eigenvalue weighted by Gasteiger charge is 2.13. The second-order valence-corrected chi connectivity index (χ2v) is 7.17. The monoisotopic (exact) mass is 394 g/mol. The molecule has 0 aliphatic rings. The SMILES string of the molecule is N#C[C@H](NCCc1ccccc1)c1ccc([C@H](C#N)NCCc2ccccc2)cc1. The Bertz CT molecular complexity index is 887. The molecule has 4 heteroatoms. The van der Waals surface area contributed by atoms with Crippen LogP contribution in [-0.4, -0.2) is 13.1 Å². The summed E-state index contributed by atoms with van der Waals surface area (Å²) in [6, 6.07) is 32.1. The van der Waals surface area contributed by atoms with E-state index in [2.05, 4.69) is 47.0 Å². The Morgan fingerprint density at radius 2 is 0.933 bits per heavy atom. The van der Waals surface area contributed by atoms with Crippen molar-refractivity contribution in [3.05, 3.63) is 107 Å². The van der Waals surface area contributed by atoms with E-state index in [-0.39, 0.29) is 12.1 Å². The van der Waals surface area contributed by atoms with Crippen molar-refractivity contribution in [2.24, 2.45) is 0 Å². The van der Waals surface area contributed by atoms with Gasteiger partial charge in [0.1, 0.15) is 12.1 Å². The molecule has 0 aliphatic heterocycles. The molecule has 0 fully saturated rings. The molecule has 0 radical (unpaired) electrons. The second-order valence-electron chi connectivity index (χ2n) is 7.17. The van der Waals surface area contributed by atoms with E-state index in [9.17, 15) is 10.5 Å². The quantitative estimate of drug-likeness (QED) is 0.532. The van der Waals surface area contributed by atoms with E-state index in [1.807, 2.05) is 60.7 Å². The zero-order valence-corrected chi connectivity index (χ0v) is 17.0. The van der Waals surface area contributed by atoms with Crippen LogP contribution in [0.1, 0.15) is 34.3 Å². The molecule has 0 aromatic heterocycles. The highest BCUT2D eigenvalue weighted by atomic mass is 14.9. The molecule has 4 nitrogen and oxygen atoms in total. The standard InChI is InChI=1S/C26H26N4/c27-19-25(29-17-15-21-7-3-1-4-8-21)23-11-13-24(14-12-23)26(20-28)30-18-16-22-9-5-2-6-10-22/h1-14,25-26,29-30H,15-18H2/t25-,26-/m0/s1. The van der Waals surface area contributed by atoms with E-state index < -0.39 is 0 Å². The van der Waals surface area contributed by atoms with Crippen molar-refractivity contribution in [1.29, 1.82) is 10.5 Å². The number of rotatable bonds is 10. The number of benzene rings is 3. The molecular weight excluding hydrogens is 368 g/mol. The van der Waals surface area contributed by atoms with Gasteiger partial charge in [-0.15, -0.1) is 0 Å². The minimum atomic E-state index is -0.366. The molecule has 3 aromatic rings. The van der Waals surface area contributed by atoms with Crippen molar-refractivity contribution in [3.63, 3.8) is 0 Å².